The highest BCUT2D eigenvalue weighted by Gasteiger charge is 2.11. The number of primary sulfonamides is 1. The summed E-state index contributed by atoms with van der Waals surface area (Å²) in [5, 5.41) is 5.37. The molecular formula is C14H11N3O4S. The Kier molecular flexibility index (Phi) is 3.19. The molecule has 0 saturated heterocycles. The summed E-state index contributed by atoms with van der Waals surface area (Å²) in [6.07, 6.45) is 0. The number of aromatic amines is 1. The van der Waals surface area contributed by atoms with Gasteiger partial charge in [0.15, 0.2) is 0 Å². The van der Waals surface area contributed by atoms with Gasteiger partial charge in [0.25, 0.3) is 5.56 Å². The van der Waals surface area contributed by atoms with Gasteiger partial charge in [0, 0.05) is 0 Å². The number of fused-ring (bicyclic) bond motifs is 1. The molecule has 0 spiro atoms. The van der Waals surface area contributed by atoms with Gasteiger partial charge in [-0.05, 0) is 36.4 Å². The predicted molar refractivity (Wildman–Crippen MR) is 81.5 cm³/mol. The van der Waals surface area contributed by atoms with E-state index in [1.165, 1.54) is 24.3 Å². The molecule has 0 unspecified atom stereocenters. The molecule has 0 fully saturated rings. The molecule has 1 heterocycles. The van der Waals surface area contributed by atoms with Crippen molar-refractivity contribution in [3.63, 3.8) is 0 Å². The van der Waals surface area contributed by atoms with E-state index in [0.29, 0.717) is 10.9 Å². The van der Waals surface area contributed by atoms with E-state index in [-0.39, 0.29) is 10.6 Å². The maximum Gasteiger partial charge on any atom is 0.333 e. The third kappa shape index (κ3) is 2.34. The number of nitrogens with one attached hydrogen (secondary N) is 1. The maximum atomic E-state index is 12.4. The van der Waals surface area contributed by atoms with Gasteiger partial charge in [-0.2, -0.15) is 0 Å². The van der Waals surface area contributed by atoms with Crippen molar-refractivity contribution in [2.45, 2.75) is 4.90 Å². The molecule has 3 aromatic rings. The summed E-state index contributed by atoms with van der Waals surface area (Å²) in [6, 6.07) is 11.8. The first kappa shape index (κ1) is 14.2. The number of benzene rings is 2. The van der Waals surface area contributed by atoms with Gasteiger partial charge in [-0.3, -0.25) is 4.79 Å². The minimum Gasteiger partial charge on any atom is -0.306 e. The summed E-state index contributed by atoms with van der Waals surface area (Å²) in [5.74, 6) is 0. The number of hydrogen-bond donors (Lipinski definition) is 2. The Morgan fingerprint density at radius 3 is 2.23 bits per heavy atom. The van der Waals surface area contributed by atoms with Gasteiger partial charge in [0.05, 0.1) is 21.5 Å². The highest BCUT2D eigenvalue weighted by Crippen LogP contribution is 2.11. The summed E-state index contributed by atoms with van der Waals surface area (Å²) in [5.41, 5.74) is -0.394. The molecule has 0 amide bonds. The summed E-state index contributed by atoms with van der Waals surface area (Å²) >= 11 is 0. The minimum atomic E-state index is -3.83. The molecule has 112 valence electrons. The lowest BCUT2D eigenvalue weighted by molar-refractivity contribution is 0.598. The van der Waals surface area contributed by atoms with Crippen LogP contribution in [0.5, 0.6) is 0 Å². The standard InChI is InChI=1S/C14H11N3O4S/c15-22(20,21)10-7-5-9(6-8-10)17-13(18)11-3-1-2-4-12(11)16-14(17)19/h1-8H,(H,16,19)(H2,15,20,21). The van der Waals surface area contributed by atoms with Crippen molar-refractivity contribution in [3.8, 4) is 5.69 Å². The van der Waals surface area contributed by atoms with E-state index in [1.807, 2.05) is 0 Å². The summed E-state index contributed by atoms with van der Waals surface area (Å²) in [7, 11) is -3.83. The first-order valence-electron chi connectivity index (χ1n) is 6.25. The smallest absolute Gasteiger partial charge is 0.306 e. The molecule has 3 N–H and O–H groups in total. The second-order valence-electron chi connectivity index (χ2n) is 4.66. The van der Waals surface area contributed by atoms with Gasteiger partial charge in [-0.1, -0.05) is 12.1 Å². The molecule has 3 rings (SSSR count). The lowest BCUT2D eigenvalue weighted by Gasteiger charge is -2.07. The Morgan fingerprint density at radius 1 is 0.955 bits per heavy atom. The molecule has 0 saturated carbocycles. The van der Waals surface area contributed by atoms with E-state index in [0.717, 1.165) is 4.57 Å². The summed E-state index contributed by atoms with van der Waals surface area (Å²) in [6.45, 7) is 0. The number of hydrogen-bond acceptors (Lipinski definition) is 4. The Labute approximate surface area is 124 Å². The normalized spacial score (nSPS) is 11.7. The monoisotopic (exact) mass is 317 g/mol. The predicted octanol–water partition coefficient (Wildman–Crippen LogP) is 0.326. The lowest BCUT2D eigenvalue weighted by Crippen LogP contribution is -2.33. The lowest BCUT2D eigenvalue weighted by atomic mass is 10.2. The molecule has 0 radical (unpaired) electrons. The van der Waals surface area contributed by atoms with Crippen molar-refractivity contribution >= 4 is 20.9 Å². The van der Waals surface area contributed by atoms with E-state index in [4.69, 9.17) is 5.14 Å². The molecule has 0 bridgehead atoms. The third-order valence-electron chi connectivity index (χ3n) is 3.23. The number of nitrogens with zero attached hydrogens (tertiary/aromatic N) is 1. The van der Waals surface area contributed by atoms with E-state index in [9.17, 15) is 18.0 Å². The van der Waals surface area contributed by atoms with Crippen LogP contribution in [0.3, 0.4) is 0 Å². The first-order chi connectivity index (χ1) is 10.4. The second kappa shape index (κ2) is 4.93. The number of aromatic nitrogens is 2. The van der Waals surface area contributed by atoms with Gasteiger partial charge in [0.1, 0.15) is 0 Å². The highest BCUT2D eigenvalue weighted by molar-refractivity contribution is 7.89. The van der Waals surface area contributed by atoms with Gasteiger partial charge < -0.3 is 4.98 Å². The highest BCUT2D eigenvalue weighted by atomic mass is 32.2. The first-order valence-corrected chi connectivity index (χ1v) is 7.80. The fourth-order valence-corrected chi connectivity index (χ4v) is 2.70. The molecule has 22 heavy (non-hydrogen) atoms. The fraction of sp³-hybridized carbons (Fsp3) is 0. The van der Waals surface area contributed by atoms with Gasteiger partial charge in [-0.25, -0.2) is 22.9 Å². The van der Waals surface area contributed by atoms with Crippen LogP contribution in [-0.4, -0.2) is 18.0 Å². The SMILES string of the molecule is NS(=O)(=O)c1ccc(-n2c(=O)[nH]c3ccccc3c2=O)cc1. The Bertz CT molecular complexity index is 1080. The quantitative estimate of drug-likeness (QED) is 0.708. The summed E-state index contributed by atoms with van der Waals surface area (Å²) < 4.78 is 23.4. The van der Waals surface area contributed by atoms with E-state index < -0.39 is 21.3 Å². The maximum absolute atomic E-state index is 12.4. The zero-order chi connectivity index (χ0) is 15.9. The molecular weight excluding hydrogens is 306 g/mol. The van der Waals surface area contributed by atoms with Crippen LogP contribution in [0.2, 0.25) is 0 Å². The Balaban J connectivity index is 2.27. The topological polar surface area (TPSA) is 115 Å². The van der Waals surface area contributed by atoms with Crippen LogP contribution >= 0.6 is 0 Å². The van der Waals surface area contributed by atoms with Crippen LogP contribution in [0.1, 0.15) is 0 Å². The van der Waals surface area contributed by atoms with Crippen LogP contribution in [0, 0.1) is 0 Å². The number of H-pyrrole nitrogens is 1. The number of nitrogens with two attached hydrogens (primary N) is 1. The Morgan fingerprint density at radius 2 is 1.59 bits per heavy atom. The molecule has 2 aromatic carbocycles. The largest absolute Gasteiger partial charge is 0.333 e. The number of para-hydroxylation sites is 1. The zero-order valence-corrected chi connectivity index (χ0v) is 12.0. The van der Waals surface area contributed by atoms with Crippen LogP contribution in [0.25, 0.3) is 16.6 Å². The number of rotatable bonds is 2. The molecule has 0 atom stereocenters. The van der Waals surface area contributed by atoms with Crippen LogP contribution in [-0.2, 0) is 10.0 Å². The van der Waals surface area contributed by atoms with E-state index >= 15 is 0 Å². The molecule has 0 aliphatic rings. The van der Waals surface area contributed by atoms with Crippen molar-refractivity contribution in [3.05, 3.63) is 69.4 Å². The fourth-order valence-electron chi connectivity index (χ4n) is 2.18. The van der Waals surface area contributed by atoms with Crippen LogP contribution < -0.4 is 16.4 Å². The third-order valence-corrected chi connectivity index (χ3v) is 4.16. The van der Waals surface area contributed by atoms with Crippen molar-refractivity contribution in [2.75, 3.05) is 0 Å². The van der Waals surface area contributed by atoms with Crippen LogP contribution in [0.4, 0.5) is 0 Å². The van der Waals surface area contributed by atoms with E-state index in [2.05, 4.69) is 4.98 Å². The zero-order valence-electron chi connectivity index (χ0n) is 11.2. The average Bonchev–Trinajstić information content (AvgIpc) is 2.47. The van der Waals surface area contributed by atoms with Crippen LogP contribution in [0.15, 0.2) is 63.0 Å². The van der Waals surface area contributed by atoms with Gasteiger partial charge >= 0.3 is 5.69 Å². The molecule has 1 aromatic heterocycles. The summed E-state index contributed by atoms with van der Waals surface area (Å²) in [4.78, 5) is 27.0. The molecule has 0 aliphatic carbocycles. The second-order valence-corrected chi connectivity index (χ2v) is 6.22. The van der Waals surface area contributed by atoms with Gasteiger partial charge in [0.2, 0.25) is 10.0 Å². The van der Waals surface area contributed by atoms with Gasteiger partial charge in [-0.15, -0.1) is 0 Å². The Hall–Kier alpha value is -2.71. The molecule has 0 aliphatic heterocycles. The van der Waals surface area contributed by atoms with Crippen molar-refractivity contribution in [1.29, 1.82) is 0 Å². The molecule has 8 heteroatoms. The van der Waals surface area contributed by atoms with E-state index in [1.54, 1.807) is 24.3 Å². The molecule has 7 nitrogen and oxygen atoms in total. The van der Waals surface area contributed by atoms with Crippen molar-refractivity contribution in [2.24, 2.45) is 5.14 Å². The minimum absolute atomic E-state index is 0.0958. The van der Waals surface area contributed by atoms with Crippen molar-refractivity contribution < 1.29 is 8.42 Å². The number of sulfonamides is 1. The average molecular weight is 317 g/mol. The van der Waals surface area contributed by atoms with Crippen molar-refractivity contribution in [1.82, 2.24) is 9.55 Å².